The number of carbonyl (C=O) groups excluding carboxylic acids is 1. The zero-order chi connectivity index (χ0) is 15.3. The van der Waals surface area contributed by atoms with Crippen LogP contribution in [0, 0.1) is 17.3 Å². The molecule has 0 spiro atoms. The van der Waals surface area contributed by atoms with E-state index in [9.17, 15) is 9.59 Å². The molecule has 1 saturated heterocycles. The number of aliphatic carboxylic acids is 1. The molecule has 0 aromatic rings. The Labute approximate surface area is 121 Å². The number of carboxylic acids is 1. The van der Waals surface area contributed by atoms with E-state index in [4.69, 9.17) is 5.11 Å². The van der Waals surface area contributed by atoms with Gasteiger partial charge < -0.3 is 15.3 Å². The average molecular weight is 284 g/mol. The number of urea groups is 1. The summed E-state index contributed by atoms with van der Waals surface area (Å²) in [5.74, 6) is -0.801. The van der Waals surface area contributed by atoms with E-state index >= 15 is 0 Å². The van der Waals surface area contributed by atoms with Crippen LogP contribution in [0.5, 0.6) is 0 Å². The highest BCUT2D eigenvalue weighted by molar-refractivity contribution is 5.76. The summed E-state index contributed by atoms with van der Waals surface area (Å²) in [4.78, 5) is 24.9. The van der Waals surface area contributed by atoms with Crippen LogP contribution in [0.4, 0.5) is 4.79 Å². The summed E-state index contributed by atoms with van der Waals surface area (Å²) < 4.78 is 0. The summed E-state index contributed by atoms with van der Waals surface area (Å²) in [6, 6.07) is -0.126. The fourth-order valence-electron chi connectivity index (χ4n) is 2.64. The maximum absolute atomic E-state index is 12.1. The molecule has 116 valence electrons. The Hall–Kier alpha value is -1.26. The Morgan fingerprint density at radius 3 is 2.50 bits per heavy atom. The summed E-state index contributed by atoms with van der Waals surface area (Å²) >= 11 is 0. The number of carbonyl (C=O) groups is 2. The third-order valence-corrected chi connectivity index (χ3v) is 4.19. The van der Waals surface area contributed by atoms with Crippen LogP contribution < -0.4 is 5.32 Å². The van der Waals surface area contributed by atoms with Crippen LogP contribution >= 0.6 is 0 Å². The molecule has 2 N–H and O–H groups in total. The van der Waals surface area contributed by atoms with Gasteiger partial charge in [-0.2, -0.15) is 0 Å². The minimum atomic E-state index is -0.832. The molecule has 1 rings (SSSR count). The van der Waals surface area contributed by atoms with Crippen LogP contribution in [0.15, 0.2) is 0 Å². The van der Waals surface area contributed by atoms with Crippen molar-refractivity contribution in [3.8, 4) is 0 Å². The summed E-state index contributed by atoms with van der Waals surface area (Å²) in [7, 11) is 0. The first-order chi connectivity index (χ1) is 9.25. The van der Waals surface area contributed by atoms with Gasteiger partial charge in [-0.3, -0.25) is 4.79 Å². The molecular weight excluding hydrogens is 256 g/mol. The molecule has 5 nitrogen and oxygen atoms in total. The SMILES string of the molecule is CCCC(CNC(=O)N1CCC(C(C)(C)C)C1)C(=O)O. The molecule has 0 saturated carbocycles. The van der Waals surface area contributed by atoms with Crippen molar-refractivity contribution in [1.82, 2.24) is 10.2 Å². The lowest BCUT2D eigenvalue weighted by Crippen LogP contribution is -2.42. The second-order valence-electron chi connectivity index (χ2n) is 6.81. The topological polar surface area (TPSA) is 69.6 Å². The van der Waals surface area contributed by atoms with Crippen molar-refractivity contribution in [3.63, 3.8) is 0 Å². The lowest BCUT2D eigenvalue weighted by Gasteiger charge is -2.27. The molecule has 0 radical (unpaired) electrons. The second-order valence-corrected chi connectivity index (χ2v) is 6.81. The number of nitrogens with zero attached hydrogens (tertiary/aromatic N) is 1. The second kappa shape index (κ2) is 6.95. The van der Waals surface area contributed by atoms with Crippen LogP contribution in [0.3, 0.4) is 0 Å². The third kappa shape index (κ3) is 4.69. The number of hydrogen-bond donors (Lipinski definition) is 2. The van der Waals surface area contributed by atoms with E-state index in [1.807, 2.05) is 6.92 Å². The van der Waals surface area contributed by atoms with E-state index < -0.39 is 11.9 Å². The van der Waals surface area contributed by atoms with E-state index in [1.165, 1.54) is 0 Å². The van der Waals surface area contributed by atoms with Gasteiger partial charge in [-0.15, -0.1) is 0 Å². The number of rotatable bonds is 5. The first-order valence-electron chi connectivity index (χ1n) is 7.51. The van der Waals surface area contributed by atoms with Gasteiger partial charge in [0, 0.05) is 19.6 Å². The van der Waals surface area contributed by atoms with Crippen LogP contribution in [0.25, 0.3) is 0 Å². The molecule has 0 aromatic heterocycles. The van der Waals surface area contributed by atoms with Gasteiger partial charge >= 0.3 is 12.0 Å². The molecule has 0 aliphatic carbocycles. The van der Waals surface area contributed by atoms with Crippen LogP contribution in [-0.4, -0.2) is 41.6 Å². The molecule has 2 unspecified atom stereocenters. The predicted octanol–water partition coefficient (Wildman–Crippen LogP) is 2.56. The molecule has 1 fully saturated rings. The third-order valence-electron chi connectivity index (χ3n) is 4.19. The number of amides is 2. The van der Waals surface area contributed by atoms with Crippen LogP contribution in [0.2, 0.25) is 0 Å². The van der Waals surface area contributed by atoms with Crippen molar-refractivity contribution < 1.29 is 14.7 Å². The van der Waals surface area contributed by atoms with Gasteiger partial charge in [-0.05, 0) is 24.2 Å². The number of hydrogen-bond acceptors (Lipinski definition) is 2. The maximum atomic E-state index is 12.1. The fraction of sp³-hybridized carbons (Fsp3) is 0.867. The van der Waals surface area contributed by atoms with E-state index in [-0.39, 0.29) is 18.0 Å². The van der Waals surface area contributed by atoms with Crippen molar-refractivity contribution in [2.75, 3.05) is 19.6 Å². The van der Waals surface area contributed by atoms with Gasteiger partial charge in [0.25, 0.3) is 0 Å². The molecular formula is C15H28N2O3. The summed E-state index contributed by atoms with van der Waals surface area (Å²) in [5.41, 5.74) is 0.209. The van der Waals surface area contributed by atoms with Gasteiger partial charge in [0.1, 0.15) is 0 Å². The fourth-order valence-corrected chi connectivity index (χ4v) is 2.64. The summed E-state index contributed by atoms with van der Waals surface area (Å²) in [6.07, 6.45) is 2.43. The molecule has 5 heteroatoms. The summed E-state index contributed by atoms with van der Waals surface area (Å²) in [5, 5.41) is 11.8. The van der Waals surface area contributed by atoms with Crippen molar-refractivity contribution in [1.29, 1.82) is 0 Å². The molecule has 1 heterocycles. The first-order valence-corrected chi connectivity index (χ1v) is 7.51. The molecule has 20 heavy (non-hydrogen) atoms. The standard InChI is InChI=1S/C15H28N2O3/c1-5-6-11(13(18)19)9-16-14(20)17-8-7-12(10-17)15(2,3)4/h11-12H,5-10H2,1-4H3,(H,16,20)(H,18,19). The smallest absolute Gasteiger partial charge is 0.317 e. The number of carboxylic acid groups (broad SMARTS) is 1. The Morgan fingerprint density at radius 2 is 2.05 bits per heavy atom. The molecule has 2 atom stereocenters. The van der Waals surface area contributed by atoms with Crippen molar-refractivity contribution in [2.45, 2.75) is 47.0 Å². The van der Waals surface area contributed by atoms with Gasteiger partial charge in [-0.1, -0.05) is 34.1 Å². The minimum Gasteiger partial charge on any atom is -0.481 e. The number of nitrogens with one attached hydrogen (secondary N) is 1. The molecule has 0 bridgehead atoms. The summed E-state index contributed by atoms with van der Waals surface area (Å²) in [6.45, 7) is 10.3. The Morgan fingerprint density at radius 1 is 1.40 bits per heavy atom. The Bertz CT molecular complexity index is 350. The Balaban J connectivity index is 2.42. The number of likely N-dealkylation sites (tertiary alicyclic amines) is 1. The monoisotopic (exact) mass is 284 g/mol. The first kappa shape index (κ1) is 16.8. The van der Waals surface area contributed by atoms with Gasteiger partial charge in [0.05, 0.1) is 5.92 Å². The highest BCUT2D eigenvalue weighted by Crippen LogP contribution is 2.33. The van der Waals surface area contributed by atoms with Gasteiger partial charge in [-0.25, -0.2) is 4.79 Å². The van der Waals surface area contributed by atoms with Gasteiger partial charge in [0.15, 0.2) is 0 Å². The predicted molar refractivity (Wildman–Crippen MR) is 78.6 cm³/mol. The highest BCUT2D eigenvalue weighted by atomic mass is 16.4. The molecule has 1 aliphatic heterocycles. The van der Waals surface area contributed by atoms with Crippen molar-refractivity contribution in [3.05, 3.63) is 0 Å². The molecule has 1 aliphatic rings. The zero-order valence-corrected chi connectivity index (χ0v) is 13.1. The van der Waals surface area contributed by atoms with E-state index in [0.29, 0.717) is 12.3 Å². The minimum absolute atomic E-state index is 0.126. The zero-order valence-electron chi connectivity index (χ0n) is 13.1. The molecule has 2 amide bonds. The molecule has 0 aromatic carbocycles. The Kier molecular flexibility index (Phi) is 5.84. The van der Waals surface area contributed by atoms with E-state index in [1.54, 1.807) is 4.90 Å². The van der Waals surface area contributed by atoms with Crippen molar-refractivity contribution >= 4 is 12.0 Å². The lowest BCUT2D eigenvalue weighted by molar-refractivity contribution is -0.141. The van der Waals surface area contributed by atoms with Gasteiger partial charge in [0.2, 0.25) is 0 Å². The van der Waals surface area contributed by atoms with Crippen molar-refractivity contribution in [2.24, 2.45) is 17.3 Å². The van der Waals surface area contributed by atoms with Crippen LogP contribution in [0.1, 0.15) is 47.0 Å². The normalized spacial score (nSPS) is 20.8. The van der Waals surface area contributed by atoms with Crippen LogP contribution in [-0.2, 0) is 4.79 Å². The highest BCUT2D eigenvalue weighted by Gasteiger charge is 2.34. The average Bonchev–Trinajstić information content (AvgIpc) is 2.83. The van der Waals surface area contributed by atoms with E-state index in [0.717, 1.165) is 25.9 Å². The lowest BCUT2D eigenvalue weighted by atomic mass is 9.80. The maximum Gasteiger partial charge on any atom is 0.317 e. The largest absolute Gasteiger partial charge is 0.481 e. The quantitative estimate of drug-likeness (QED) is 0.815. The van der Waals surface area contributed by atoms with E-state index in [2.05, 4.69) is 26.1 Å².